The summed E-state index contributed by atoms with van der Waals surface area (Å²) in [5.74, 6) is 6.02. The fourth-order valence-electron chi connectivity index (χ4n) is 0.936. The van der Waals surface area contributed by atoms with E-state index < -0.39 is 0 Å². The van der Waals surface area contributed by atoms with E-state index in [1.165, 1.54) is 0 Å². The van der Waals surface area contributed by atoms with Gasteiger partial charge in [-0.05, 0) is 25.2 Å². The molecule has 0 spiro atoms. The summed E-state index contributed by atoms with van der Waals surface area (Å²) in [5, 5.41) is 4.26. The molecule has 0 heterocycles. The molecule has 0 saturated heterocycles. The van der Waals surface area contributed by atoms with Gasteiger partial charge in [0.1, 0.15) is 0 Å². The molecule has 0 fully saturated rings. The van der Waals surface area contributed by atoms with Gasteiger partial charge in [-0.15, -0.1) is 0 Å². The van der Waals surface area contributed by atoms with Crippen LogP contribution in [0.1, 0.15) is 12.0 Å². The zero-order chi connectivity index (χ0) is 10.4. The van der Waals surface area contributed by atoms with Gasteiger partial charge >= 0.3 is 0 Å². The van der Waals surface area contributed by atoms with Crippen molar-refractivity contribution in [2.75, 3.05) is 13.6 Å². The molecule has 1 aromatic carbocycles. The molecule has 0 aliphatic heterocycles. The second kappa shape index (κ2) is 5.93. The van der Waals surface area contributed by atoms with Gasteiger partial charge in [0.25, 0.3) is 0 Å². The molecule has 1 aromatic rings. The molecular weight excluding hydrogens is 217 g/mol. The molecule has 0 aliphatic rings. The fraction of sp³-hybridized carbons (Fsp3) is 0.273. The average molecular weight is 228 g/mol. The molecule has 0 bridgehead atoms. The second-order valence-corrected chi connectivity index (χ2v) is 3.62. The maximum Gasteiger partial charge on any atom is 0.0577 e. The highest BCUT2D eigenvalue weighted by Gasteiger charge is 1.96. The number of rotatable bonds is 2. The summed E-state index contributed by atoms with van der Waals surface area (Å²) in [7, 11) is 1.90. The van der Waals surface area contributed by atoms with E-state index in [1.807, 2.05) is 13.1 Å². The van der Waals surface area contributed by atoms with Gasteiger partial charge in [0, 0.05) is 23.6 Å². The van der Waals surface area contributed by atoms with Crippen LogP contribution in [0.25, 0.3) is 0 Å². The molecule has 3 heteroatoms. The van der Waals surface area contributed by atoms with E-state index in [9.17, 15) is 0 Å². The first kappa shape index (κ1) is 11.4. The fourth-order valence-corrected chi connectivity index (χ4v) is 1.39. The minimum Gasteiger partial charge on any atom is -0.319 e. The smallest absolute Gasteiger partial charge is 0.0577 e. The molecule has 14 heavy (non-hydrogen) atoms. The number of hydrogen-bond donors (Lipinski definition) is 1. The Bertz CT molecular complexity index is 363. The molecule has 74 valence electrons. The van der Waals surface area contributed by atoms with Crippen molar-refractivity contribution < 1.29 is 0 Å². The van der Waals surface area contributed by atoms with Crippen molar-refractivity contribution in [3.8, 4) is 11.8 Å². The lowest BCUT2D eigenvalue weighted by atomic mass is 10.2. The van der Waals surface area contributed by atoms with Crippen LogP contribution in [0, 0.1) is 11.8 Å². The summed E-state index contributed by atoms with van der Waals surface area (Å²) in [5.41, 5.74) is 0.826. The van der Waals surface area contributed by atoms with Crippen molar-refractivity contribution in [3.63, 3.8) is 0 Å². The molecule has 0 aromatic heterocycles. The molecule has 0 radical (unpaired) electrons. The third kappa shape index (κ3) is 3.59. The standard InChI is InChI=1S/C11H11Cl2N/c1-14-7-3-2-4-9-5-6-10(12)8-11(9)13/h5-6,8,14H,3,7H2,1H3. The highest BCUT2D eigenvalue weighted by molar-refractivity contribution is 6.35. The van der Waals surface area contributed by atoms with Crippen LogP contribution in [0.4, 0.5) is 0 Å². The van der Waals surface area contributed by atoms with Crippen LogP contribution in [0.2, 0.25) is 10.0 Å². The summed E-state index contributed by atoms with van der Waals surface area (Å²) in [6.45, 7) is 0.887. The molecule has 1 rings (SSSR count). The summed E-state index contributed by atoms with van der Waals surface area (Å²) >= 11 is 11.7. The largest absolute Gasteiger partial charge is 0.319 e. The van der Waals surface area contributed by atoms with E-state index in [0.717, 1.165) is 18.5 Å². The minimum atomic E-state index is 0.606. The lowest BCUT2D eigenvalue weighted by Crippen LogP contribution is -2.05. The van der Waals surface area contributed by atoms with Gasteiger partial charge in [0.05, 0.1) is 5.02 Å². The molecular formula is C11H11Cl2N. The van der Waals surface area contributed by atoms with Crippen molar-refractivity contribution in [1.29, 1.82) is 0 Å². The Hall–Kier alpha value is -0.680. The summed E-state index contributed by atoms with van der Waals surface area (Å²) < 4.78 is 0. The van der Waals surface area contributed by atoms with E-state index in [1.54, 1.807) is 12.1 Å². The Balaban J connectivity index is 2.70. The van der Waals surface area contributed by atoms with Gasteiger partial charge < -0.3 is 5.32 Å². The Kier molecular flexibility index (Phi) is 4.82. The summed E-state index contributed by atoms with van der Waals surface area (Å²) in [4.78, 5) is 0. The zero-order valence-electron chi connectivity index (χ0n) is 7.90. The first-order chi connectivity index (χ1) is 6.74. The molecule has 1 N–H and O–H groups in total. The van der Waals surface area contributed by atoms with Crippen LogP contribution in [0.3, 0.4) is 0 Å². The van der Waals surface area contributed by atoms with Crippen molar-refractivity contribution in [3.05, 3.63) is 33.8 Å². The first-order valence-electron chi connectivity index (χ1n) is 4.32. The van der Waals surface area contributed by atoms with E-state index in [0.29, 0.717) is 10.0 Å². The Labute approximate surface area is 94.4 Å². The minimum absolute atomic E-state index is 0.606. The Morgan fingerprint density at radius 2 is 2.14 bits per heavy atom. The lowest BCUT2D eigenvalue weighted by molar-refractivity contribution is 0.818. The number of nitrogens with one attached hydrogen (secondary N) is 1. The van der Waals surface area contributed by atoms with Gasteiger partial charge in [-0.25, -0.2) is 0 Å². The van der Waals surface area contributed by atoms with Crippen LogP contribution >= 0.6 is 23.2 Å². The maximum absolute atomic E-state index is 5.94. The molecule has 0 atom stereocenters. The second-order valence-electron chi connectivity index (χ2n) is 2.78. The van der Waals surface area contributed by atoms with Crippen molar-refractivity contribution in [2.24, 2.45) is 0 Å². The highest BCUT2D eigenvalue weighted by Crippen LogP contribution is 2.19. The van der Waals surface area contributed by atoms with Crippen LogP contribution in [-0.2, 0) is 0 Å². The van der Waals surface area contributed by atoms with Crippen LogP contribution in [-0.4, -0.2) is 13.6 Å². The predicted octanol–water partition coefficient (Wildman–Crippen LogP) is 2.95. The molecule has 0 amide bonds. The lowest BCUT2D eigenvalue weighted by Gasteiger charge is -1.95. The Morgan fingerprint density at radius 1 is 1.36 bits per heavy atom. The van der Waals surface area contributed by atoms with Gasteiger partial charge in [-0.1, -0.05) is 35.0 Å². The van der Waals surface area contributed by atoms with E-state index in [-0.39, 0.29) is 0 Å². The van der Waals surface area contributed by atoms with Gasteiger partial charge in [-0.2, -0.15) is 0 Å². The van der Waals surface area contributed by atoms with Crippen molar-refractivity contribution in [2.45, 2.75) is 6.42 Å². The third-order valence-corrected chi connectivity index (χ3v) is 2.20. The maximum atomic E-state index is 5.94. The summed E-state index contributed by atoms with van der Waals surface area (Å²) in [6, 6.07) is 5.32. The molecule has 0 unspecified atom stereocenters. The van der Waals surface area contributed by atoms with Gasteiger partial charge in [0.15, 0.2) is 0 Å². The Morgan fingerprint density at radius 3 is 2.79 bits per heavy atom. The van der Waals surface area contributed by atoms with Crippen LogP contribution in [0.5, 0.6) is 0 Å². The third-order valence-electron chi connectivity index (χ3n) is 1.65. The SMILES string of the molecule is CNCCC#Cc1ccc(Cl)cc1Cl. The van der Waals surface area contributed by atoms with E-state index in [2.05, 4.69) is 17.2 Å². The highest BCUT2D eigenvalue weighted by atomic mass is 35.5. The van der Waals surface area contributed by atoms with Crippen molar-refractivity contribution >= 4 is 23.2 Å². The first-order valence-corrected chi connectivity index (χ1v) is 5.08. The number of halogens is 2. The summed E-state index contributed by atoms with van der Waals surface area (Å²) in [6.07, 6.45) is 0.815. The van der Waals surface area contributed by atoms with E-state index in [4.69, 9.17) is 23.2 Å². The average Bonchev–Trinajstić information content (AvgIpc) is 2.15. The van der Waals surface area contributed by atoms with Crippen LogP contribution < -0.4 is 5.32 Å². The van der Waals surface area contributed by atoms with Crippen molar-refractivity contribution in [1.82, 2.24) is 5.32 Å². The van der Waals surface area contributed by atoms with Crippen LogP contribution in [0.15, 0.2) is 18.2 Å². The zero-order valence-corrected chi connectivity index (χ0v) is 9.41. The predicted molar refractivity (Wildman–Crippen MR) is 61.9 cm³/mol. The van der Waals surface area contributed by atoms with Gasteiger partial charge in [0.2, 0.25) is 0 Å². The number of benzene rings is 1. The molecule has 0 saturated carbocycles. The normalized spacial score (nSPS) is 9.36. The molecule has 1 nitrogen and oxygen atoms in total. The topological polar surface area (TPSA) is 12.0 Å². The quantitative estimate of drug-likeness (QED) is 0.606. The van der Waals surface area contributed by atoms with E-state index >= 15 is 0 Å². The monoisotopic (exact) mass is 227 g/mol. The number of hydrogen-bond acceptors (Lipinski definition) is 1. The molecule has 0 aliphatic carbocycles. The van der Waals surface area contributed by atoms with Gasteiger partial charge in [-0.3, -0.25) is 0 Å².